The third-order valence-corrected chi connectivity index (χ3v) is 7.34. The van der Waals surface area contributed by atoms with E-state index in [1.165, 1.54) is 47.7 Å². The van der Waals surface area contributed by atoms with Crippen molar-refractivity contribution in [1.82, 2.24) is 19.8 Å². The lowest BCUT2D eigenvalue weighted by atomic mass is 10.1. The Morgan fingerprint density at radius 2 is 1.91 bits per heavy atom. The number of nitrogens with zero attached hydrogens (tertiary/aromatic N) is 3. The molecule has 1 unspecified atom stereocenters. The van der Waals surface area contributed by atoms with Gasteiger partial charge in [0.15, 0.2) is 5.16 Å². The predicted molar refractivity (Wildman–Crippen MR) is 127 cm³/mol. The summed E-state index contributed by atoms with van der Waals surface area (Å²) >= 11 is 1.33. The number of carbonyl (C=O) groups excluding carboxylic acids is 1. The van der Waals surface area contributed by atoms with Crippen LogP contribution in [0.1, 0.15) is 49.4 Å². The van der Waals surface area contributed by atoms with Crippen molar-refractivity contribution >= 4 is 17.7 Å². The topological polar surface area (TPSA) is 67.2 Å². The summed E-state index contributed by atoms with van der Waals surface area (Å²) in [6, 6.07) is 6.14. The van der Waals surface area contributed by atoms with E-state index < -0.39 is 0 Å². The second kappa shape index (κ2) is 11.6. The number of thioether (sulfide) groups is 1. The summed E-state index contributed by atoms with van der Waals surface area (Å²) in [5, 5.41) is 3.28. The molecule has 0 aliphatic carbocycles. The normalized spacial score (nSPS) is 15.5. The first kappa shape index (κ1) is 24.5. The van der Waals surface area contributed by atoms with E-state index in [0.717, 1.165) is 25.2 Å². The van der Waals surface area contributed by atoms with E-state index in [2.05, 4.69) is 15.2 Å². The minimum absolute atomic E-state index is 0.0169. The second-order valence-electron chi connectivity index (χ2n) is 8.33. The molecule has 3 rings (SSSR count). The van der Waals surface area contributed by atoms with Crippen molar-refractivity contribution in [2.45, 2.75) is 56.4 Å². The first-order valence-electron chi connectivity index (χ1n) is 11.4. The highest BCUT2D eigenvalue weighted by atomic mass is 32.2. The number of halogens is 1. The van der Waals surface area contributed by atoms with Crippen LogP contribution >= 0.6 is 11.8 Å². The van der Waals surface area contributed by atoms with Gasteiger partial charge in [-0.2, -0.15) is 0 Å². The Labute approximate surface area is 193 Å². The minimum atomic E-state index is -0.309. The third-order valence-electron chi connectivity index (χ3n) is 5.93. The standard InChI is InChI=1S/C24H33FN4O2S/c1-4-21(22(30)26-12-15-29-13-6-5-7-14-29)32-24-27-17(2)20(23(31)28(24)3)16-18-8-10-19(25)11-9-18/h8-11,21H,4-7,12-16H2,1-3H3,(H,26,30). The molecule has 1 atom stereocenters. The van der Waals surface area contributed by atoms with Crippen molar-refractivity contribution in [2.75, 3.05) is 26.2 Å². The molecule has 1 amide bonds. The zero-order valence-corrected chi connectivity index (χ0v) is 20.0. The Hall–Kier alpha value is -2.19. The fourth-order valence-corrected chi connectivity index (χ4v) is 4.97. The van der Waals surface area contributed by atoms with E-state index in [4.69, 9.17) is 0 Å². The van der Waals surface area contributed by atoms with Crippen LogP contribution in [0.3, 0.4) is 0 Å². The van der Waals surface area contributed by atoms with Gasteiger partial charge in [0, 0.05) is 37.8 Å². The Bertz CT molecular complexity index is 971. The van der Waals surface area contributed by atoms with E-state index >= 15 is 0 Å². The van der Waals surface area contributed by atoms with E-state index in [9.17, 15) is 14.0 Å². The lowest BCUT2D eigenvalue weighted by Crippen LogP contribution is -2.40. The maximum absolute atomic E-state index is 13.2. The molecule has 0 bridgehead atoms. The van der Waals surface area contributed by atoms with Gasteiger partial charge in [-0.3, -0.25) is 14.2 Å². The van der Waals surface area contributed by atoms with E-state index in [-0.39, 0.29) is 22.5 Å². The van der Waals surface area contributed by atoms with Crippen molar-refractivity contribution in [3.63, 3.8) is 0 Å². The molecule has 174 valence electrons. The molecular weight excluding hydrogens is 427 g/mol. The lowest BCUT2D eigenvalue weighted by Gasteiger charge is -2.26. The number of aromatic nitrogens is 2. The van der Waals surface area contributed by atoms with Gasteiger partial charge in [0.1, 0.15) is 5.82 Å². The van der Waals surface area contributed by atoms with Gasteiger partial charge >= 0.3 is 0 Å². The summed E-state index contributed by atoms with van der Waals surface area (Å²) in [4.78, 5) is 32.8. The van der Waals surface area contributed by atoms with E-state index in [0.29, 0.717) is 35.8 Å². The number of rotatable bonds is 9. The fraction of sp³-hybridized carbons (Fsp3) is 0.542. The number of piperidine rings is 1. The Kier molecular flexibility index (Phi) is 8.87. The molecule has 0 radical (unpaired) electrons. The number of likely N-dealkylation sites (tertiary alicyclic amines) is 1. The first-order chi connectivity index (χ1) is 15.4. The molecule has 1 fully saturated rings. The molecular formula is C24H33FN4O2S. The SMILES string of the molecule is CCC(Sc1nc(C)c(Cc2ccc(F)cc2)c(=O)n1C)C(=O)NCCN1CCCCC1. The second-order valence-corrected chi connectivity index (χ2v) is 9.50. The minimum Gasteiger partial charge on any atom is -0.354 e. The average molecular weight is 461 g/mol. The van der Waals surface area contributed by atoms with Crippen molar-refractivity contribution in [3.8, 4) is 0 Å². The van der Waals surface area contributed by atoms with Crippen molar-refractivity contribution in [3.05, 3.63) is 57.3 Å². The fourth-order valence-electron chi connectivity index (χ4n) is 3.93. The average Bonchev–Trinajstić information content (AvgIpc) is 2.80. The van der Waals surface area contributed by atoms with E-state index in [1.54, 1.807) is 19.2 Å². The van der Waals surface area contributed by atoms with Crippen LogP contribution in [0.15, 0.2) is 34.2 Å². The van der Waals surface area contributed by atoms with Gasteiger partial charge in [-0.15, -0.1) is 0 Å². The molecule has 8 heteroatoms. The van der Waals surface area contributed by atoms with Crippen LogP contribution in [0.25, 0.3) is 0 Å². The summed E-state index contributed by atoms with van der Waals surface area (Å²) in [6.07, 6.45) is 4.80. The molecule has 2 aromatic rings. The van der Waals surface area contributed by atoms with Crippen molar-refractivity contribution in [2.24, 2.45) is 7.05 Å². The summed E-state index contributed by atoms with van der Waals surface area (Å²) in [5.41, 5.74) is 1.95. The number of amides is 1. The summed E-state index contributed by atoms with van der Waals surface area (Å²) in [6.45, 7) is 7.51. The number of hydrogen-bond donors (Lipinski definition) is 1. The van der Waals surface area contributed by atoms with Crippen molar-refractivity contribution in [1.29, 1.82) is 0 Å². The molecule has 1 aromatic carbocycles. The molecule has 32 heavy (non-hydrogen) atoms. The Morgan fingerprint density at radius 3 is 2.56 bits per heavy atom. The van der Waals surface area contributed by atoms with Crippen LogP contribution in [-0.2, 0) is 18.3 Å². The van der Waals surface area contributed by atoms with Crippen LogP contribution < -0.4 is 10.9 Å². The molecule has 1 aromatic heterocycles. The highest BCUT2D eigenvalue weighted by molar-refractivity contribution is 8.00. The zero-order valence-electron chi connectivity index (χ0n) is 19.2. The Balaban J connectivity index is 1.64. The summed E-state index contributed by atoms with van der Waals surface area (Å²) < 4.78 is 14.7. The lowest BCUT2D eigenvalue weighted by molar-refractivity contribution is -0.120. The molecule has 0 saturated carbocycles. The van der Waals surface area contributed by atoms with Gasteiger partial charge in [0.25, 0.3) is 5.56 Å². The van der Waals surface area contributed by atoms with Gasteiger partial charge in [-0.1, -0.05) is 37.2 Å². The van der Waals surface area contributed by atoms with Gasteiger partial charge in [0.2, 0.25) is 5.91 Å². The summed E-state index contributed by atoms with van der Waals surface area (Å²) in [7, 11) is 1.69. The third kappa shape index (κ3) is 6.42. The molecule has 1 saturated heterocycles. The molecule has 0 spiro atoms. The molecule has 1 aliphatic rings. The van der Waals surface area contributed by atoms with E-state index in [1.807, 2.05) is 13.8 Å². The smallest absolute Gasteiger partial charge is 0.257 e. The monoisotopic (exact) mass is 460 g/mol. The van der Waals surface area contributed by atoms with Crippen LogP contribution in [0.4, 0.5) is 4.39 Å². The van der Waals surface area contributed by atoms with Crippen molar-refractivity contribution < 1.29 is 9.18 Å². The number of benzene rings is 1. The summed E-state index contributed by atoms with van der Waals surface area (Å²) in [5.74, 6) is -0.320. The number of carbonyl (C=O) groups is 1. The molecule has 2 heterocycles. The molecule has 1 aliphatic heterocycles. The zero-order chi connectivity index (χ0) is 23.1. The highest BCUT2D eigenvalue weighted by Gasteiger charge is 2.22. The molecule has 6 nitrogen and oxygen atoms in total. The van der Waals surface area contributed by atoms with Crippen LogP contribution in [0.2, 0.25) is 0 Å². The maximum Gasteiger partial charge on any atom is 0.257 e. The van der Waals surface area contributed by atoms with Gasteiger partial charge < -0.3 is 10.2 Å². The Morgan fingerprint density at radius 1 is 1.22 bits per heavy atom. The number of hydrogen-bond acceptors (Lipinski definition) is 5. The van der Waals surface area contributed by atoms with Crippen LogP contribution in [0.5, 0.6) is 0 Å². The van der Waals surface area contributed by atoms with Gasteiger partial charge in [-0.25, -0.2) is 9.37 Å². The highest BCUT2D eigenvalue weighted by Crippen LogP contribution is 2.24. The molecule has 1 N–H and O–H groups in total. The van der Waals surface area contributed by atoms with Gasteiger partial charge in [0.05, 0.1) is 5.25 Å². The number of aryl methyl sites for hydroxylation is 1. The number of nitrogens with one attached hydrogen (secondary N) is 1. The predicted octanol–water partition coefficient (Wildman–Crippen LogP) is 3.29. The maximum atomic E-state index is 13.2. The largest absolute Gasteiger partial charge is 0.354 e. The van der Waals surface area contributed by atoms with Gasteiger partial charge in [-0.05, 0) is 57.0 Å². The first-order valence-corrected chi connectivity index (χ1v) is 12.2. The quantitative estimate of drug-likeness (QED) is 0.460. The van der Waals surface area contributed by atoms with Crippen LogP contribution in [-0.4, -0.2) is 51.8 Å². The van der Waals surface area contributed by atoms with Crippen LogP contribution in [0, 0.1) is 12.7 Å².